The van der Waals surface area contributed by atoms with E-state index in [2.05, 4.69) is 15.5 Å². The Bertz CT molecular complexity index is 1400. The number of aromatic nitrogens is 2. The molecule has 0 spiro atoms. The second kappa shape index (κ2) is 9.35. The topological polar surface area (TPSA) is 87.6 Å². The molecule has 4 rings (SSSR count). The lowest BCUT2D eigenvalue weighted by Gasteiger charge is -2.30. The van der Waals surface area contributed by atoms with Gasteiger partial charge in [-0.3, -0.25) is 4.79 Å². The van der Waals surface area contributed by atoms with Crippen molar-refractivity contribution in [3.8, 4) is 0 Å². The molecule has 2 heterocycles. The molecule has 1 aliphatic rings. The fraction of sp³-hybridized carbons (Fsp3) is 0.423. The van der Waals surface area contributed by atoms with Gasteiger partial charge >= 0.3 is 5.92 Å². The number of aliphatic hydroxyl groups is 1. The number of nitrogens with zero attached hydrogens (tertiary/aromatic N) is 3. The van der Waals surface area contributed by atoms with Crippen molar-refractivity contribution in [3.63, 3.8) is 0 Å². The number of halogens is 4. The number of carbonyl (C=O) groups excluding carboxylic acids is 1. The largest absolute Gasteiger partial charge is 0.384 e. The average Bonchev–Trinajstić information content (AvgIpc) is 3.00. The van der Waals surface area contributed by atoms with Crippen LogP contribution in [0.15, 0.2) is 30.3 Å². The number of alkyl halides is 2. The SMILES string of the molecule is Cc1nnc(N[C@H](C)c2cccc(C(F)(F)C(C)(C)O)c2F)c2cc3c(cc12)C(C)(COI)C(=O)N3C. The number of benzene rings is 2. The summed E-state index contributed by atoms with van der Waals surface area (Å²) in [4.78, 5) is 14.6. The van der Waals surface area contributed by atoms with Crippen molar-refractivity contribution >= 4 is 51.2 Å². The molecule has 7 nitrogen and oxygen atoms in total. The van der Waals surface area contributed by atoms with E-state index in [-0.39, 0.29) is 18.1 Å². The predicted octanol–water partition coefficient (Wildman–Crippen LogP) is 5.71. The molecule has 37 heavy (non-hydrogen) atoms. The lowest BCUT2D eigenvalue weighted by Crippen LogP contribution is -2.41. The first kappa shape index (κ1) is 27.5. The molecule has 2 N–H and O–H groups in total. The zero-order valence-electron chi connectivity index (χ0n) is 21.3. The number of carbonyl (C=O) groups is 1. The number of amides is 1. The van der Waals surface area contributed by atoms with Crippen LogP contribution in [0, 0.1) is 12.7 Å². The standard InChI is InChI=1S/C26H28F3IN4O3/c1-13(15-8-7-9-18(21(15)27)26(28,29)24(3,4)36)31-22-17-11-20-19(10-16(17)14(2)32-33-22)25(5,12-37-30)23(35)34(20)6/h7-11,13,36H,12H2,1-6H3,(H,31,33)/t13-,25?/m1/s1. The van der Waals surface area contributed by atoms with Gasteiger partial charge in [0.1, 0.15) is 34.4 Å². The van der Waals surface area contributed by atoms with Gasteiger partial charge < -0.3 is 18.4 Å². The maximum absolute atomic E-state index is 15.3. The van der Waals surface area contributed by atoms with Crippen LogP contribution in [0.4, 0.5) is 24.7 Å². The van der Waals surface area contributed by atoms with Crippen LogP contribution in [0.5, 0.6) is 0 Å². The Kier molecular flexibility index (Phi) is 6.95. The van der Waals surface area contributed by atoms with Crippen LogP contribution in [0.1, 0.15) is 56.1 Å². The molecule has 2 aromatic carbocycles. The second-order valence-corrected chi connectivity index (χ2v) is 10.8. The summed E-state index contributed by atoms with van der Waals surface area (Å²) in [6.07, 6.45) is 0. The molecule has 1 aliphatic heterocycles. The summed E-state index contributed by atoms with van der Waals surface area (Å²) in [6, 6.07) is 6.65. The van der Waals surface area contributed by atoms with Crippen LogP contribution in [-0.4, -0.2) is 40.5 Å². The summed E-state index contributed by atoms with van der Waals surface area (Å²) in [5.41, 5.74) is -2.11. The van der Waals surface area contributed by atoms with E-state index >= 15 is 4.39 Å². The summed E-state index contributed by atoms with van der Waals surface area (Å²) in [6.45, 7) is 7.31. The predicted molar refractivity (Wildman–Crippen MR) is 144 cm³/mol. The minimum absolute atomic E-state index is 0.0165. The van der Waals surface area contributed by atoms with E-state index < -0.39 is 34.4 Å². The molecular formula is C26H28F3IN4O3. The van der Waals surface area contributed by atoms with Crippen LogP contribution in [0.3, 0.4) is 0 Å². The molecule has 3 aromatic rings. The molecule has 1 unspecified atom stereocenters. The Hall–Kier alpha value is -2.51. The number of aryl methyl sites for hydroxylation is 1. The first-order valence-corrected chi connectivity index (χ1v) is 12.5. The maximum Gasteiger partial charge on any atom is 0.303 e. The average molecular weight is 628 g/mol. The molecule has 0 aliphatic carbocycles. The quantitative estimate of drug-likeness (QED) is 0.326. The molecule has 2 atom stereocenters. The normalized spacial score (nSPS) is 18.9. The second-order valence-electron chi connectivity index (χ2n) is 10.2. The number of fused-ring (bicyclic) bond motifs is 2. The van der Waals surface area contributed by atoms with Crippen molar-refractivity contribution in [1.29, 1.82) is 0 Å². The van der Waals surface area contributed by atoms with Crippen molar-refractivity contribution in [2.24, 2.45) is 0 Å². The fourth-order valence-corrected chi connectivity index (χ4v) is 5.35. The zero-order chi connectivity index (χ0) is 27.5. The van der Waals surface area contributed by atoms with Crippen LogP contribution in [-0.2, 0) is 19.2 Å². The summed E-state index contributed by atoms with van der Waals surface area (Å²) >= 11 is 1.77. The highest BCUT2D eigenvalue weighted by molar-refractivity contribution is 14.1. The molecular weight excluding hydrogens is 600 g/mol. The minimum atomic E-state index is -3.81. The van der Waals surface area contributed by atoms with Gasteiger partial charge in [0, 0.05) is 29.1 Å². The van der Waals surface area contributed by atoms with Gasteiger partial charge in [-0.1, -0.05) is 12.1 Å². The van der Waals surface area contributed by atoms with Crippen LogP contribution >= 0.6 is 23.0 Å². The number of hydrogen-bond acceptors (Lipinski definition) is 6. The van der Waals surface area contributed by atoms with Gasteiger partial charge in [-0.05, 0) is 58.4 Å². The zero-order valence-corrected chi connectivity index (χ0v) is 23.4. The Morgan fingerprint density at radius 2 is 1.92 bits per heavy atom. The summed E-state index contributed by atoms with van der Waals surface area (Å²) in [5.74, 6) is -4.72. The first-order chi connectivity index (χ1) is 17.1. The van der Waals surface area contributed by atoms with E-state index in [1.54, 1.807) is 48.8 Å². The van der Waals surface area contributed by atoms with E-state index in [1.165, 1.54) is 12.1 Å². The fourth-order valence-electron chi connectivity index (χ4n) is 4.72. The molecule has 0 fully saturated rings. The van der Waals surface area contributed by atoms with Crippen LogP contribution < -0.4 is 10.2 Å². The van der Waals surface area contributed by atoms with Crippen molar-refractivity contribution in [3.05, 3.63) is 58.5 Å². The third-order valence-corrected chi connectivity index (χ3v) is 7.42. The Morgan fingerprint density at radius 3 is 2.54 bits per heavy atom. The van der Waals surface area contributed by atoms with Gasteiger partial charge in [-0.2, -0.15) is 13.9 Å². The lowest BCUT2D eigenvalue weighted by atomic mass is 9.83. The number of nitrogens with one attached hydrogen (secondary N) is 1. The van der Waals surface area contributed by atoms with E-state index in [0.717, 1.165) is 30.9 Å². The highest BCUT2D eigenvalue weighted by atomic mass is 127. The molecule has 0 bridgehead atoms. The van der Waals surface area contributed by atoms with Crippen molar-refractivity contribution in [2.45, 2.75) is 57.6 Å². The minimum Gasteiger partial charge on any atom is -0.384 e. The van der Waals surface area contributed by atoms with E-state index in [9.17, 15) is 18.7 Å². The van der Waals surface area contributed by atoms with Crippen molar-refractivity contribution in [1.82, 2.24) is 10.2 Å². The number of anilines is 2. The molecule has 198 valence electrons. The summed E-state index contributed by atoms with van der Waals surface area (Å²) in [5, 5.41) is 22.9. The maximum atomic E-state index is 15.3. The van der Waals surface area contributed by atoms with Crippen molar-refractivity contribution in [2.75, 3.05) is 23.9 Å². The molecule has 1 amide bonds. The van der Waals surface area contributed by atoms with E-state index in [0.29, 0.717) is 22.6 Å². The van der Waals surface area contributed by atoms with Gasteiger partial charge in [-0.25, -0.2) is 4.39 Å². The molecule has 1 aromatic heterocycles. The van der Waals surface area contributed by atoms with Crippen LogP contribution in [0.25, 0.3) is 10.8 Å². The number of likely N-dealkylation sites (N-methyl/N-ethyl adjacent to an activating group) is 1. The Morgan fingerprint density at radius 1 is 1.24 bits per heavy atom. The molecule has 0 radical (unpaired) electrons. The van der Waals surface area contributed by atoms with E-state index in [1.807, 2.05) is 19.1 Å². The van der Waals surface area contributed by atoms with Gasteiger partial charge in [0.15, 0.2) is 5.82 Å². The van der Waals surface area contributed by atoms with Crippen molar-refractivity contribution < 1.29 is 26.1 Å². The highest BCUT2D eigenvalue weighted by Gasteiger charge is 2.49. The third-order valence-electron chi connectivity index (χ3n) is 7.11. The number of hydrogen-bond donors (Lipinski definition) is 2. The van der Waals surface area contributed by atoms with E-state index in [4.69, 9.17) is 3.07 Å². The van der Waals surface area contributed by atoms with Gasteiger partial charge in [0.25, 0.3) is 0 Å². The van der Waals surface area contributed by atoms with Gasteiger partial charge in [0.05, 0.1) is 29.3 Å². The lowest BCUT2D eigenvalue weighted by molar-refractivity contribution is -0.170. The van der Waals surface area contributed by atoms with Gasteiger partial charge in [0.2, 0.25) is 5.91 Å². The summed E-state index contributed by atoms with van der Waals surface area (Å²) < 4.78 is 50.2. The Labute approximate surface area is 227 Å². The highest BCUT2D eigenvalue weighted by Crippen LogP contribution is 2.45. The molecule has 11 heteroatoms. The molecule has 0 saturated heterocycles. The first-order valence-electron chi connectivity index (χ1n) is 11.6. The number of rotatable bonds is 7. The monoisotopic (exact) mass is 628 g/mol. The summed E-state index contributed by atoms with van der Waals surface area (Å²) in [7, 11) is 1.69. The van der Waals surface area contributed by atoms with Gasteiger partial charge in [-0.15, -0.1) is 5.10 Å². The molecule has 0 saturated carbocycles. The van der Waals surface area contributed by atoms with Crippen LogP contribution in [0.2, 0.25) is 0 Å². The third kappa shape index (κ3) is 4.34. The Balaban J connectivity index is 1.79. The smallest absolute Gasteiger partial charge is 0.303 e.